The Morgan fingerprint density at radius 1 is 0.622 bits per heavy atom. The van der Waals surface area contributed by atoms with Crippen molar-refractivity contribution in [3.8, 4) is 33.1 Å². The van der Waals surface area contributed by atoms with Crippen LogP contribution in [0.2, 0.25) is 0 Å². The van der Waals surface area contributed by atoms with Crippen LogP contribution in [0, 0.1) is 12.2 Å². The average Bonchev–Trinajstić information content (AvgIpc) is 3.70. The standard InChI is InChI=1S/2C10H8O2S.2C5H5.Zr/c2*11-8-3-1-4-9(7-8)12-10-5-2-6-13-10;2*1-2-4-5-3-1;/h2*1-7,11H;2*1-3H,4H2;/q;;2*-1;+2. The van der Waals surface area contributed by atoms with Crippen molar-refractivity contribution < 1.29 is 45.9 Å². The van der Waals surface area contributed by atoms with E-state index in [1.807, 2.05) is 59.3 Å². The van der Waals surface area contributed by atoms with Gasteiger partial charge in [0.05, 0.1) is 0 Å². The Bertz CT molecular complexity index is 1140. The van der Waals surface area contributed by atoms with Crippen molar-refractivity contribution in [2.45, 2.75) is 12.8 Å². The topological polar surface area (TPSA) is 58.9 Å². The molecule has 0 saturated heterocycles. The van der Waals surface area contributed by atoms with E-state index in [0.29, 0.717) is 11.5 Å². The van der Waals surface area contributed by atoms with Gasteiger partial charge in [-0.2, -0.15) is 12.2 Å². The summed E-state index contributed by atoms with van der Waals surface area (Å²) in [7, 11) is 0. The fourth-order valence-corrected chi connectivity index (χ4v) is 3.84. The van der Waals surface area contributed by atoms with Crippen LogP contribution in [0.25, 0.3) is 0 Å². The van der Waals surface area contributed by atoms with E-state index in [2.05, 4.69) is 24.3 Å². The quantitative estimate of drug-likeness (QED) is 0.228. The van der Waals surface area contributed by atoms with Gasteiger partial charge in [-0.15, -0.1) is 35.5 Å². The zero-order valence-corrected chi connectivity index (χ0v) is 24.1. The van der Waals surface area contributed by atoms with Gasteiger partial charge >= 0.3 is 26.2 Å². The summed E-state index contributed by atoms with van der Waals surface area (Å²) < 4.78 is 10.9. The monoisotopic (exact) mass is 604 g/mol. The van der Waals surface area contributed by atoms with E-state index in [1.165, 1.54) is 22.7 Å². The number of allylic oxidation sites excluding steroid dienone is 8. The van der Waals surface area contributed by atoms with Crippen LogP contribution in [0.1, 0.15) is 12.8 Å². The van der Waals surface area contributed by atoms with Crippen LogP contribution >= 0.6 is 22.7 Å². The Morgan fingerprint density at radius 3 is 1.35 bits per heavy atom. The Labute approximate surface area is 245 Å². The van der Waals surface area contributed by atoms with E-state index in [4.69, 9.17) is 19.7 Å². The van der Waals surface area contributed by atoms with Gasteiger partial charge in [0.2, 0.25) is 0 Å². The molecule has 2 aliphatic rings. The summed E-state index contributed by atoms with van der Waals surface area (Å²) in [6.07, 6.45) is 20.0. The molecule has 0 spiro atoms. The Morgan fingerprint density at radius 2 is 1.08 bits per heavy atom. The van der Waals surface area contributed by atoms with Crippen LogP contribution in [0.5, 0.6) is 33.1 Å². The van der Waals surface area contributed by atoms with Crippen molar-refractivity contribution in [1.82, 2.24) is 0 Å². The molecule has 0 saturated carbocycles. The number of phenolic OH excluding ortho intramolecular Hbond substituents is 2. The van der Waals surface area contributed by atoms with Crippen molar-refractivity contribution in [2.24, 2.45) is 0 Å². The molecule has 2 N–H and O–H groups in total. The largest absolute Gasteiger partial charge is 2.00 e. The summed E-state index contributed by atoms with van der Waals surface area (Å²) in [6, 6.07) is 21.1. The van der Waals surface area contributed by atoms with Gasteiger partial charge in [-0.3, -0.25) is 12.2 Å². The van der Waals surface area contributed by atoms with Crippen molar-refractivity contribution in [2.75, 3.05) is 0 Å². The van der Waals surface area contributed by atoms with Gasteiger partial charge in [-0.05, 0) is 59.3 Å². The number of benzene rings is 2. The van der Waals surface area contributed by atoms with Crippen LogP contribution in [0.15, 0.2) is 120 Å². The maximum Gasteiger partial charge on any atom is 2.00 e. The van der Waals surface area contributed by atoms with Crippen LogP contribution in [0.3, 0.4) is 0 Å². The first-order chi connectivity index (χ1) is 17.7. The second-order valence-electron chi connectivity index (χ2n) is 7.07. The van der Waals surface area contributed by atoms with Gasteiger partial charge in [0.25, 0.3) is 0 Å². The number of hydrogen-bond acceptors (Lipinski definition) is 6. The Hall–Kier alpha value is -3.12. The molecular formula is C30H26O4S2Zr. The van der Waals surface area contributed by atoms with E-state index in [1.54, 1.807) is 48.5 Å². The van der Waals surface area contributed by atoms with E-state index in [9.17, 15) is 0 Å². The molecule has 0 fully saturated rings. The van der Waals surface area contributed by atoms with Gasteiger partial charge in [-0.25, -0.2) is 24.3 Å². The molecule has 2 aromatic heterocycles. The summed E-state index contributed by atoms with van der Waals surface area (Å²) in [6.45, 7) is 0. The van der Waals surface area contributed by atoms with E-state index >= 15 is 0 Å². The molecule has 37 heavy (non-hydrogen) atoms. The molecule has 0 aliphatic heterocycles. The third-order valence-electron chi connectivity index (χ3n) is 4.23. The van der Waals surface area contributed by atoms with Gasteiger partial charge in [-0.1, -0.05) is 12.1 Å². The number of aromatic hydroxyl groups is 2. The Kier molecular flexibility index (Phi) is 14.8. The predicted molar refractivity (Wildman–Crippen MR) is 148 cm³/mol. The zero-order chi connectivity index (χ0) is 25.3. The molecular weight excluding hydrogens is 580 g/mol. The zero-order valence-electron chi connectivity index (χ0n) is 20.0. The Balaban J connectivity index is 0.000000187. The molecule has 186 valence electrons. The molecule has 4 nitrogen and oxygen atoms in total. The first-order valence-corrected chi connectivity index (χ1v) is 12.9. The minimum Gasteiger partial charge on any atom is -0.508 e. The van der Waals surface area contributed by atoms with Crippen molar-refractivity contribution in [3.63, 3.8) is 0 Å². The van der Waals surface area contributed by atoms with Crippen molar-refractivity contribution in [1.29, 1.82) is 0 Å². The molecule has 7 heteroatoms. The minimum atomic E-state index is 0. The SMILES string of the molecule is Oc1cccc(Oc2cccs2)c1.Oc1cccc(Oc2cccs2)c1.[C-]1=CC=CC1.[C-]1=CC=CC1.[Zr+2]. The maximum absolute atomic E-state index is 9.17. The normalized spacial score (nSPS) is 11.7. The third-order valence-corrected chi connectivity index (χ3v) is 5.72. The van der Waals surface area contributed by atoms with E-state index in [-0.39, 0.29) is 37.7 Å². The molecule has 0 radical (unpaired) electrons. The van der Waals surface area contributed by atoms with Gasteiger partial charge in [0.15, 0.2) is 10.1 Å². The van der Waals surface area contributed by atoms with Gasteiger partial charge in [0.1, 0.15) is 23.0 Å². The van der Waals surface area contributed by atoms with Gasteiger partial charge in [0, 0.05) is 12.1 Å². The molecule has 0 atom stereocenters. The first-order valence-electron chi connectivity index (χ1n) is 11.1. The fourth-order valence-electron chi connectivity index (χ4n) is 2.65. The van der Waals surface area contributed by atoms with Crippen LogP contribution in [0.4, 0.5) is 0 Å². The van der Waals surface area contributed by atoms with Crippen LogP contribution < -0.4 is 9.47 Å². The number of ether oxygens (including phenoxy) is 2. The van der Waals surface area contributed by atoms with Crippen molar-refractivity contribution in [3.05, 3.63) is 132 Å². The number of hydrogen-bond donors (Lipinski definition) is 2. The molecule has 4 aromatic rings. The van der Waals surface area contributed by atoms with Crippen LogP contribution in [-0.4, -0.2) is 10.2 Å². The number of thiophene rings is 2. The van der Waals surface area contributed by atoms with Gasteiger partial charge < -0.3 is 19.7 Å². The predicted octanol–water partition coefficient (Wildman–Crippen LogP) is 9.10. The van der Waals surface area contributed by atoms with Crippen molar-refractivity contribution >= 4 is 22.7 Å². The molecule has 6 rings (SSSR count). The first kappa shape index (κ1) is 30.1. The molecule has 0 amide bonds. The van der Waals surface area contributed by atoms with E-state index < -0.39 is 0 Å². The van der Waals surface area contributed by atoms with E-state index in [0.717, 1.165) is 23.0 Å². The molecule has 2 heterocycles. The second kappa shape index (κ2) is 18.2. The summed E-state index contributed by atoms with van der Waals surface area (Å²) in [5.74, 6) is 1.74. The smallest absolute Gasteiger partial charge is 0.508 e. The number of rotatable bonds is 4. The third kappa shape index (κ3) is 13.1. The molecule has 0 bridgehead atoms. The summed E-state index contributed by atoms with van der Waals surface area (Å²) >= 11 is 3.04. The summed E-state index contributed by atoms with van der Waals surface area (Å²) in [5, 5.41) is 23.9. The van der Waals surface area contributed by atoms with Crippen LogP contribution in [-0.2, 0) is 26.2 Å². The number of phenols is 2. The molecule has 2 aromatic carbocycles. The minimum absolute atomic E-state index is 0. The molecule has 0 unspecified atom stereocenters. The molecule has 2 aliphatic carbocycles. The summed E-state index contributed by atoms with van der Waals surface area (Å²) in [4.78, 5) is 0. The summed E-state index contributed by atoms with van der Waals surface area (Å²) in [5.41, 5.74) is 0. The fraction of sp³-hybridized carbons (Fsp3) is 0.0667. The maximum atomic E-state index is 9.17. The average molecular weight is 606 g/mol. The second-order valence-corrected chi connectivity index (χ2v) is 8.89.